The first-order valence-corrected chi connectivity index (χ1v) is 11.2. The predicted molar refractivity (Wildman–Crippen MR) is 113 cm³/mol. The average Bonchev–Trinajstić information content (AvgIpc) is 3.47. The van der Waals surface area contributed by atoms with Gasteiger partial charge in [0.15, 0.2) is 0 Å². The Balaban J connectivity index is 1.33. The normalized spacial score (nSPS) is 18.9. The Morgan fingerprint density at radius 1 is 1.10 bits per heavy atom. The van der Waals surface area contributed by atoms with Crippen molar-refractivity contribution in [1.82, 2.24) is 24.6 Å². The number of carbonyl (C=O) groups excluding carboxylic acids is 1. The molecule has 2 aromatic heterocycles. The molecule has 2 fully saturated rings. The lowest BCUT2D eigenvalue weighted by molar-refractivity contribution is -0.133. The Morgan fingerprint density at radius 2 is 1.93 bits per heavy atom. The highest BCUT2D eigenvalue weighted by Gasteiger charge is 2.28. The van der Waals surface area contributed by atoms with E-state index in [0.29, 0.717) is 25.4 Å². The van der Waals surface area contributed by atoms with E-state index in [0.717, 1.165) is 18.2 Å². The molecule has 0 bridgehead atoms. The number of aryl methyl sites for hydroxylation is 1. The summed E-state index contributed by atoms with van der Waals surface area (Å²) in [6, 6.07) is 6.72. The van der Waals surface area contributed by atoms with Gasteiger partial charge < -0.3 is 9.80 Å². The summed E-state index contributed by atoms with van der Waals surface area (Å²) in [5.74, 6) is 0.806. The zero-order chi connectivity index (χ0) is 19.9. The van der Waals surface area contributed by atoms with Crippen LogP contribution in [-0.2, 0) is 17.9 Å². The Bertz CT molecular complexity index is 734. The number of likely N-dealkylation sites (tertiary alicyclic amines) is 1. The van der Waals surface area contributed by atoms with Crippen LogP contribution in [0.5, 0.6) is 0 Å². The molecule has 2 aliphatic rings. The number of aromatic nitrogens is 3. The lowest BCUT2D eigenvalue weighted by atomic mass is 9.94. The SMILES string of the molecule is O=C(CCn1cccn1)N(Cc1cccnc1)CC1CCN(C2CCCC2)CC1. The molecule has 1 amide bonds. The second-order valence-electron chi connectivity index (χ2n) is 8.57. The van der Waals surface area contributed by atoms with Crippen LogP contribution < -0.4 is 0 Å². The molecule has 0 unspecified atom stereocenters. The molecule has 6 nitrogen and oxygen atoms in total. The van der Waals surface area contributed by atoms with E-state index in [1.54, 1.807) is 12.4 Å². The van der Waals surface area contributed by atoms with Crippen LogP contribution in [-0.4, -0.2) is 56.1 Å². The summed E-state index contributed by atoms with van der Waals surface area (Å²) < 4.78 is 1.83. The van der Waals surface area contributed by atoms with Gasteiger partial charge in [-0.3, -0.25) is 14.5 Å². The van der Waals surface area contributed by atoms with Gasteiger partial charge in [-0.05, 0) is 62.4 Å². The summed E-state index contributed by atoms with van der Waals surface area (Å²) in [5, 5.41) is 4.22. The lowest BCUT2D eigenvalue weighted by Crippen LogP contribution is -2.43. The van der Waals surface area contributed by atoms with Crippen molar-refractivity contribution < 1.29 is 4.79 Å². The maximum Gasteiger partial charge on any atom is 0.224 e. The van der Waals surface area contributed by atoms with Crippen LogP contribution in [0.2, 0.25) is 0 Å². The smallest absolute Gasteiger partial charge is 0.224 e. The highest BCUT2D eigenvalue weighted by Crippen LogP contribution is 2.28. The third kappa shape index (κ3) is 5.66. The second kappa shape index (κ2) is 10.0. The standard InChI is InChI=1S/C23H33N5O/c29-23(10-16-28-13-4-12-25-28)27(19-21-5-3-11-24-17-21)18-20-8-14-26(15-9-20)22-6-1-2-7-22/h3-5,11-13,17,20,22H,1-2,6-10,14-16,18-19H2. The van der Waals surface area contributed by atoms with E-state index in [1.807, 2.05) is 29.2 Å². The summed E-state index contributed by atoms with van der Waals surface area (Å²) in [4.78, 5) is 22.0. The summed E-state index contributed by atoms with van der Waals surface area (Å²) in [5.41, 5.74) is 1.10. The lowest BCUT2D eigenvalue weighted by Gasteiger charge is -2.38. The van der Waals surface area contributed by atoms with E-state index in [4.69, 9.17) is 0 Å². The highest BCUT2D eigenvalue weighted by molar-refractivity contribution is 5.76. The first-order valence-electron chi connectivity index (χ1n) is 11.2. The average molecular weight is 396 g/mol. The molecule has 4 rings (SSSR count). The van der Waals surface area contributed by atoms with Crippen molar-refractivity contribution in [1.29, 1.82) is 0 Å². The fourth-order valence-corrected chi connectivity index (χ4v) is 4.85. The van der Waals surface area contributed by atoms with Gasteiger partial charge in [0, 0.05) is 56.9 Å². The number of nitrogens with zero attached hydrogens (tertiary/aromatic N) is 5. The molecule has 2 aromatic rings. The van der Waals surface area contributed by atoms with Crippen molar-refractivity contribution in [3.8, 4) is 0 Å². The Morgan fingerprint density at radius 3 is 2.62 bits per heavy atom. The molecule has 0 radical (unpaired) electrons. The van der Waals surface area contributed by atoms with E-state index < -0.39 is 0 Å². The molecule has 1 aliphatic heterocycles. The van der Waals surface area contributed by atoms with E-state index in [1.165, 1.54) is 51.6 Å². The van der Waals surface area contributed by atoms with Gasteiger partial charge in [-0.2, -0.15) is 5.10 Å². The third-order valence-corrected chi connectivity index (χ3v) is 6.53. The van der Waals surface area contributed by atoms with Crippen molar-refractivity contribution in [2.24, 2.45) is 5.92 Å². The highest BCUT2D eigenvalue weighted by atomic mass is 16.2. The topological polar surface area (TPSA) is 54.3 Å². The van der Waals surface area contributed by atoms with Crippen LogP contribution >= 0.6 is 0 Å². The fraction of sp³-hybridized carbons (Fsp3) is 0.609. The summed E-state index contributed by atoms with van der Waals surface area (Å²) >= 11 is 0. The molecule has 0 aromatic carbocycles. The Hall–Kier alpha value is -2.21. The van der Waals surface area contributed by atoms with Gasteiger partial charge in [0.1, 0.15) is 0 Å². The molecule has 0 spiro atoms. The van der Waals surface area contributed by atoms with Gasteiger partial charge in [-0.25, -0.2) is 0 Å². The van der Waals surface area contributed by atoms with E-state index in [9.17, 15) is 4.79 Å². The number of pyridine rings is 1. The number of hydrogen-bond acceptors (Lipinski definition) is 4. The van der Waals surface area contributed by atoms with Gasteiger partial charge in [0.05, 0.1) is 0 Å². The number of carbonyl (C=O) groups is 1. The maximum atomic E-state index is 13.0. The molecule has 29 heavy (non-hydrogen) atoms. The zero-order valence-corrected chi connectivity index (χ0v) is 17.3. The molecule has 1 saturated heterocycles. The molecule has 0 atom stereocenters. The van der Waals surface area contributed by atoms with Gasteiger partial charge >= 0.3 is 0 Å². The molecule has 1 aliphatic carbocycles. The van der Waals surface area contributed by atoms with Gasteiger partial charge in [-0.1, -0.05) is 18.9 Å². The van der Waals surface area contributed by atoms with Crippen LogP contribution in [0, 0.1) is 5.92 Å². The Kier molecular flexibility index (Phi) is 6.93. The Labute approximate surface area is 173 Å². The zero-order valence-electron chi connectivity index (χ0n) is 17.3. The van der Waals surface area contributed by atoms with Crippen LogP contribution in [0.1, 0.15) is 50.5 Å². The fourth-order valence-electron chi connectivity index (χ4n) is 4.85. The van der Waals surface area contributed by atoms with Crippen molar-refractivity contribution in [2.45, 2.75) is 64.1 Å². The minimum atomic E-state index is 0.211. The number of hydrogen-bond donors (Lipinski definition) is 0. The van der Waals surface area contributed by atoms with E-state index in [-0.39, 0.29) is 5.91 Å². The van der Waals surface area contributed by atoms with Gasteiger partial charge in [-0.15, -0.1) is 0 Å². The van der Waals surface area contributed by atoms with Crippen LogP contribution in [0.4, 0.5) is 0 Å². The van der Waals surface area contributed by atoms with Crippen molar-refractivity contribution in [2.75, 3.05) is 19.6 Å². The largest absolute Gasteiger partial charge is 0.338 e. The van der Waals surface area contributed by atoms with Crippen LogP contribution in [0.25, 0.3) is 0 Å². The number of rotatable bonds is 8. The van der Waals surface area contributed by atoms with Crippen molar-refractivity contribution in [3.05, 3.63) is 48.5 Å². The molecule has 3 heterocycles. The third-order valence-electron chi connectivity index (χ3n) is 6.53. The van der Waals surface area contributed by atoms with Crippen LogP contribution in [0.15, 0.2) is 43.0 Å². The quantitative estimate of drug-likeness (QED) is 0.688. The van der Waals surface area contributed by atoms with Crippen LogP contribution in [0.3, 0.4) is 0 Å². The minimum absolute atomic E-state index is 0.211. The maximum absolute atomic E-state index is 13.0. The molecule has 1 saturated carbocycles. The van der Waals surface area contributed by atoms with Gasteiger partial charge in [0.2, 0.25) is 5.91 Å². The summed E-state index contributed by atoms with van der Waals surface area (Å²) in [6.45, 7) is 4.52. The van der Waals surface area contributed by atoms with E-state index in [2.05, 4.69) is 25.9 Å². The monoisotopic (exact) mass is 395 g/mol. The summed E-state index contributed by atoms with van der Waals surface area (Å²) in [6.07, 6.45) is 15.8. The molecule has 6 heteroatoms. The van der Waals surface area contributed by atoms with Crippen molar-refractivity contribution in [3.63, 3.8) is 0 Å². The number of amides is 1. The van der Waals surface area contributed by atoms with Crippen molar-refractivity contribution >= 4 is 5.91 Å². The first kappa shape index (κ1) is 20.1. The number of piperidine rings is 1. The molecular formula is C23H33N5O. The minimum Gasteiger partial charge on any atom is -0.338 e. The summed E-state index contributed by atoms with van der Waals surface area (Å²) in [7, 11) is 0. The molecule has 0 N–H and O–H groups in total. The second-order valence-corrected chi connectivity index (χ2v) is 8.57. The molecular weight excluding hydrogens is 362 g/mol. The van der Waals surface area contributed by atoms with Gasteiger partial charge in [0.25, 0.3) is 0 Å². The molecule has 156 valence electrons. The first-order chi connectivity index (χ1) is 14.3. The van der Waals surface area contributed by atoms with E-state index >= 15 is 0 Å². The predicted octanol–water partition coefficient (Wildman–Crippen LogP) is 3.35.